The first-order valence-corrected chi connectivity index (χ1v) is 8.01. The molecule has 4 heteroatoms. The number of pyridine rings is 1. The minimum Gasteiger partial charge on any atom is -0.359 e. The Bertz CT molecular complexity index is 510. The molecule has 0 bridgehead atoms. The third kappa shape index (κ3) is 4.05. The average molecular weight is 289 g/mol. The minimum absolute atomic E-state index is 0.368. The van der Waals surface area contributed by atoms with Crippen LogP contribution in [0.1, 0.15) is 30.3 Å². The van der Waals surface area contributed by atoms with Crippen molar-refractivity contribution in [3.63, 3.8) is 0 Å². The van der Waals surface area contributed by atoms with Crippen molar-refractivity contribution in [2.75, 3.05) is 25.0 Å². The van der Waals surface area contributed by atoms with Crippen LogP contribution in [0.5, 0.6) is 0 Å². The van der Waals surface area contributed by atoms with Crippen molar-refractivity contribution in [1.82, 2.24) is 10.3 Å². The lowest BCUT2D eigenvalue weighted by Crippen LogP contribution is -2.22. The van der Waals surface area contributed by atoms with Crippen LogP contribution >= 0.6 is 11.3 Å². The lowest BCUT2D eigenvalue weighted by atomic mass is 10.1. The zero-order chi connectivity index (χ0) is 14.4. The van der Waals surface area contributed by atoms with Gasteiger partial charge in [-0.15, -0.1) is 11.3 Å². The van der Waals surface area contributed by atoms with Gasteiger partial charge in [0.15, 0.2) is 0 Å². The van der Waals surface area contributed by atoms with Crippen molar-refractivity contribution >= 4 is 17.2 Å². The number of hydrogen-bond acceptors (Lipinski definition) is 4. The number of rotatable bonds is 7. The van der Waals surface area contributed by atoms with Crippen LogP contribution in [0.2, 0.25) is 0 Å². The fourth-order valence-corrected chi connectivity index (χ4v) is 2.88. The Balaban J connectivity index is 1.98. The SMILES string of the molecule is CCNC(C)c1ccnc(N(C)CCc2cccs2)c1. The molecule has 2 rings (SSSR count). The molecule has 0 saturated carbocycles. The molecule has 0 aliphatic heterocycles. The Hall–Kier alpha value is -1.39. The maximum atomic E-state index is 4.48. The number of likely N-dealkylation sites (N-methyl/N-ethyl adjacent to an activating group) is 1. The third-order valence-corrected chi connectivity index (χ3v) is 4.38. The molecule has 108 valence electrons. The van der Waals surface area contributed by atoms with E-state index in [9.17, 15) is 0 Å². The van der Waals surface area contributed by atoms with E-state index in [0.717, 1.165) is 25.3 Å². The predicted octanol–water partition coefficient (Wildman–Crippen LogP) is 3.49. The van der Waals surface area contributed by atoms with Gasteiger partial charge in [-0.05, 0) is 49.0 Å². The van der Waals surface area contributed by atoms with E-state index in [1.54, 1.807) is 0 Å². The smallest absolute Gasteiger partial charge is 0.128 e. The second kappa shape index (κ2) is 7.41. The van der Waals surface area contributed by atoms with Crippen molar-refractivity contribution in [2.45, 2.75) is 26.3 Å². The molecule has 1 N–H and O–H groups in total. The summed E-state index contributed by atoms with van der Waals surface area (Å²) in [5.41, 5.74) is 1.29. The Morgan fingerprint density at radius 3 is 2.95 bits per heavy atom. The van der Waals surface area contributed by atoms with Gasteiger partial charge >= 0.3 is 0 Å². The predicted molar refractivity (Wildman–Crippen MR) is 87.6 cm³/mol. The molecule has 0 aromatic carbocycles. The van der Waals surface area contributed by atoms with Gasteiger partial charge in [0.1, 0.15) is 5.82 Å². The number of nitrogens with zero attached hydrogens (tertiary/aromatic N) is 2. The quantitative estimate of drug-likeness (QED) is 0.845. The second-order valence-corrected chi connectivity index (χ2v) is 6.01. The van der Waals surface area contributed by atoms with Crippen molar-refractivity contribution in [2.24, 2.45) is 0 Å². The van der Waals surface area contributed by atoms with Gasteiger partial charge in [0.25, 0.3) is 0 Å². The highest BCUT2D eigenvalue weighted by Crippen LogP contribution is 2.18. The lowest BCUT2D eigenvalue weighted by Gasteiger charge is -2.20. The Morgan fingerprint density at radius 2 is 2.25 bits per heavy atom. The van der Waals surface area contributed by atoms with Crippen molar-refractivity contribution in [1.29, 1.82) is 0 Å². The van der Waals surface area contributed by atoms with Gasteiger partial charge in [-0.25, -0.2) is 4.98 Å². The van der Waals surface area contributed by atoms with Crippen LogP contribution in [-0.2, 0) is 6.42 Å². The summed E-state index contributed by atoms with van der Waals surface area (Å²) in [6.45, 7) is 6.29. The third-order valence-electron chi connectivity index (χ3n) is 3.44. The molecule has 1 unspecified atom stereocenters. The van der Waals surface area contributed by atoms with Crippen LogP contribution in [0.4, 0.5) is 5.82 Å². The van der Waals surface area contributed by atoms with Crippen LogP contribution in [0.3, 0.4) is 0 Å². The van der Waals surface area contributed by atoms with Gasteiger partial charge in [0.05, 0.1) is 0 Å². The normalized spacial score (nSPS) is 12.3. The van der Waals surface area contributed by atoms with Gasteiger partial charge in [-0.1, -0.05) is 13.0 Å². The van der Waals surface area contributed by atoms with Gasteiger partial charge in [-0.3, -0.25) is 0 Å². The first-order chi connectivity index (χ1) is 9.70. The van der Waals surface area contributed by atoms with Crippen LogP contribution in [0.25, 0.3) is 0 Å². The highest BCUT2D eigenvalue weighted by molar-refractivity contribution is 7.09. The summed E-state index contributed by atoms with van der Waals surface area (Å²) in [5, 5.41) is 5.57. The van der Waals surface area contributed by atoms with E-state index >= 15 is 0 Å². The van der Waals surface area contributed by atoms with Gasteiger partial charge in [-0.2, -0.15) is 0 Å². The lowest BCUT2D eigenvalue weighted by molar-refractivity contribution is 0.597. The molecule has 0 amide bonds. The van der Waals surface area contributed by atoms with Gasteiger partial charge < -0.3 is 10.2 Å². The zero-order valence-electron chi connectivity index (χ0n) is 12.5. The molecule has 0 saturated heterocycles. The molecule has 3 nitrogen and oxygen atoms in total. The fraction of sp³-hybridized carbons (Fsp3) is 0.438. The summed E-state index contributed by atoms with van der Waals surface area (Å²) in [6.07, 6.45) is 2.98. The molecule has 2 aromatic rings. The first-order valence-electron chi connectivity index (χ1n) is 7.13. The molecule has 0 aliphatic carbocycles. The molecular weight excluding hydrogens is 266 g/mol. The van der Waals surface area contributed by atoms with Crippen molar-refractivity contribution in [3.05, 3.63) is 46.3 Å². The summed E-state index contributed by atoms with van der Waals surface area (Å²) >= 11 is 1.82. The second-order valence-electron chi connectivity index (χ2n) is 4.98. The highest BCUT2D eigenvalue weighted by Gasteiger charge is 2.08. The average Bonchev–Trinajstić information content (AvgIpc) is 2.98. The standard InChI is InChI=1S/C16H23N3S/c1-4-17-13(2)14-7-9-18-16(12-14)19(3)10-8-15-6-5-11-20-15/h5-7,9,11-13,17H,4,8,10H2,1-3H3. The summed E-state index contributed by atoms with van der Waals surface area (Å²) in [5.74, 6) is 1.05. The molecule has 0 fully saturated rings. The van der Waals surface area contributed by atoms with Gasteiger partial charge in [0.2, 0.25) is 0 Å². The molecule has 1 atom stereocenters. The number of aromatic nitrogens is 1. The van der Waals surface area contributed by atoms with Crippen molar-refractivity contribution < 1.29 is 0 Å². The minimum atomic E-state index is 0.368. The number of nitrogens with one attached hydrogen (secondary N) is 1. The van der Waals surface area contributed by atoms with E-state index in [0.29, 0.717) is 6.04 Å². The van der Waals surface area contributed by atoms with Crippen LogP contribution < -0.4 is 10.2 Å². The van der Waals surface area contributed by atoms with Crippen LogP contribution in [-0.4, -0.2) is 25.1 Å². The van der Waals surface area contributed by atoms with E-state index < -0.39 is 0 Å². The maximum Gasteiger partial charge on any atom is 0.128 e. The molecule has 0 spiro atoms. The van der Waals surface area contributed by atoms with E-state index in [1.807, 2.05) is 17.5 Å². The topological polar surface area (TPSA) is 28.2 Å². The molecule has 0 radical (unpaired) electrons. The summed E-state index contributed by atoms with van der Waals surface area (Å²) in [7, 11) is 2.11. The summed E-state index contributed by atoms with van der Waals surface area (Å²) in [4.78, 5) is 8.13. The molecule has 0 aliphatic rings. The van der Waals surface area contributed by atoms with Crippen LogP contribution in [0.15, 0.2) is 35.8 Å². The molecule has 2 heterocycles. The maximum absolute atomic E-state index is 4.48. The number of hydrogen-bond donors (Lipinski definition) is 1. The first kappa shape index (κ1) is 15.0. The van der Waals surface area contributed by atoms with E-state index in [-0.39, 0.29) is 0 Å². The number of thiophene rings is 1. The zero-order valence-corrected chi connectivity index (χ0v) is 13.3. The fourth-order valence-electron chi connectivity index (χ4n) is 2.18. The Labute approximate surface area is 125 Å². The largest absolute Gasteiger partial charge is 0.359 e. The molecule has 2 aromatic heterocycles. The van der Waals surface area contributed by atoms with E-state index in [4.69, 9.17) is 0 Å². The van der Waals surface area contributed by atoms with E-state index in [1.165, 1.54) is 10.4 Å². The Kier molecular flexibility index (Phi) is 5.56. The number of anilines is 1. The van der Waals surface area contributed by atoms with Crippen molar-refractivity contribution in [3.8, 4) is 0 Å². The Morgan fingerprint density at radius 1 is 1.40 bits per heavy atom. The van der Waals surface area contributed by atoms with Gasteiger partial charge in [0, 0.05) is 30.7 Å². The van der Waals surface area contributed by atoms with Crippen LogP contribution in [0, 0.1) is 0 Å². The summed E-state index contributed by atoms with van der Waals surface area (Å²) < 4.78 is 0. The molecular formula is C16H23N3S. The monoisotopic (exact) mass is 289 g/mol. The summed E-state index contributed by atoms with van der Waals surface area (Å²) in [6, 6.07) is 8.94. The highest BCUT2D eigenvalue weighted by atomic mass is 32.1. The molecule has 20 heavy (non-hydrogen) atoms. The van der Waals surface area contributed by atoms with E-state index in [2.05, 4.69) is 65.7 Å².